The third-order valence-corrected chi connectivity index (χ3v) is 1.96. The molecule has 1 aliphatic rings. The number of allylic oxidation sites excluding steroid dienone is 4. The first-order valence-corrected chi connectivity index (χ1v) is 4.07. The van der Waals surface area contributed by atoms with Gasteiger partial charge in [0.25, 0.3) is 0 Å². The summed E-state index contributed by atoms with van der Waals surface area (Å²) in [5.74, 6) is 0. The molecule has 1 nitrogen and oxygen atoms in total. The first kappa shape index (κ1) is 7.17. The summed E-state index contributed by atoms with van der Waals surface area (Å²) in [6, 6.07) is 2.07. The van der Waals surface area contributed by atoms with E-state index >= 15 is 0 Å². The van der Waals surface area contributed by atoms with Gasteiger partial charge in [-0.15, -0.1) is 0 Å². The van der Waals surface area contributed by atoms with Crippen LogP contribution in [0.25, 0.3) is 12.2 Å². The van der Waals surface area contributed by atoms with Gasteiger partial charge < -0.3 is 4.98 Å². The van der Waals surface area contributed by atoms with E-state index in [9.17, 15) is 0 Å². The fraction of sp³-hybridized carbons (Fsp3) is 0.0909. The van der Waals surface area contributed by atoms with Crippen LogP contribution in [0, 0.1) is 0 Å². The van der Waals surface area contributed by atoms with Crippen molar-refractivity contribution in [2.45, 2.75) is 6.92 Å². The van der Waals surface area contributed by atoms with Gasteiger partial charge in [0, 0.05) is 11.5 Å². The molecule has 0 radical (unpaired) electrons. The molecule has 1 aromatic rings. The van der Waals surface area contributed by atoms with E-state index in [4.69, 9.17) is 0 Å². The molecule has 0 aromatic carbocycles. The average molecular weight is 157 g/mol. The Bertz CT molecular complexity index is 444. The van der Waals surface area contributed by atoms with Crippen LogP contribution in [0.5, 0.6) is 0 Å². The number of hydrogen-bond acceptors (Lipinski definition) is 0. The van der Waals surface area contributed by atoms with Crippen molar-refractivity contribution in [3.63, 3.8) is 0 Å². The van der Waals surface area contributed by atoms with E-state index in [0.29, 0.717) is 0 Å². The van der Waals surface area contributed by atoms with Crippen molar-refractivity contribution in [3.05, 3.63) is 46.6 Å². The highest BCUT2D eigenvalue weighted by molar-refractivity contribution is 5.49. The Hall–Kier alpha value is -1.50. The molecule has 0 saturated carbocycles. The van der Waals surface area contributed by atoms with Gasteiger partial charge in [0.15, 0.2) is 0 Å². The number of aromatic nitrogens is 1. The van der Waals surface area contributed by atoms with E-state index < -0.39 is 0 Å². The van der Waals surface area contributed by atoms with Crippen LogP contribution in [-0.4, -0.2) is 4.98 Å². The lowest BCUT2D eigenvalue weighted by Gasteiger charge is -1.89. The molecule has 0 bridgehead atoms. The topological polar surface area (TPSA) is 15.8 Å². The van der Waals surface area contributed by atoms with Crippen molar-refractivity contribution in [3.8, 4) is 0 Å². The van der Waals surface area contributed by atoms with Gasteiger partial charge in [-0.25, -0.2) is 0 Å². The molecule has 0 saturated heterocycles. The molecule has 1 heterocycles. The van der Waals surface area contributed by atoms with Gasteiger partial charge in [0.2, 0.25) is 0 Å². The minimum Gasteiger partial charge on any atom is -0.361 e. The molecule has 0 unspecified atom stereocenters. The van der Waals surface area contributed by atoms with Crippen LogP contribution in [0.3, 0.4) is 0 Å². The van der Waals surface area contributed by atoms with Gasteiger partial charge in [0.1, 0.15) is 0 Å². The predicted octanol–water partition coefficient (Wildman–Crippen LogP) is 1.09. The normalized spacial score (nSPS) is 20.6. The second-order valence-electron chi connectivity index (χ2n) is 2.95. The Morgan fingerprint density at radius 3 is 3.00 bits per heavy atom. The van der Waals surface area contributed by atoms with Gasteiger partial charge in [0.05, 0.1) is 0 Å². The van der Waals surface area contributed by atoms with Crippen LogP contribution in [0.15, 0.2) is 36.1 Å². The summed E-state index contributed by atoms with van der Waals surface area (Å²) in [7, 11) is 0. The highest BCUT2D eigenvalue weighted by Gasteiger charge is 1.86. The van der Waals surface area contributed by atoms with Gasteiger partial charge >= 0.3 is 0 Å². The van der Waals surface area contributed by atoms with Crippen molar-refractivity contribution in [1.29, 1.82) is 0 Å². The zero-order valence-electron chi connectivity index (χ0n) is 7.04. The summed E-state index contributed by atoms with van der Waals surface area (Å²) in [5, 5.41) is 2.42. The molecule has 1 N–H and O–H groups in total. The lowest BCUT2D eigenvalue weighted by Crippen LogP contribution is -2.21. The highest BCUT2D eigenvalue weighted by Crippen LogP contribution is 1.95. The fourth-order valence-corrected chi connectivity index (χ4v) is 1.26. The number of rotatable bonds is 0. The van der Waals surface area contributed by atoms with Gasteiger partial charge in [-0.05, 0) is 24.3 Å². The Morgan fingerprint density at radius 1 is 1.17 bits per heavy atom. The third-order valence-electron chi connectivity index (χ3n) is 1.96. The summed E-state index contributed by atoms with van der Waals surface area (Å²) < 4.78 is 0. The van der Waals surface area contributed by atoms with Crippen LogP contribution in [0.4, 0.5) is 0 Å². The van der Waals surface area contributed by atoms with Crippen molar-refractivity contribution in [2.24, 2.45) is 0 Å². The molecule has 2 rings (SSSR count). The minimum atomic E-state index is 1.18. The smallest absolute Gasteiger partial charge is 0.0453 e. The molecule has 1 aromatic heterocycles. The molecule has 1 heteroatoms. The quantitative estimate of drug-likeness (QED) is 0.580. The lowest BCUT2D eigenvalue weighted by molar-refractivity contribution is 1.31. The molecule has 0 fully saturated rings. The van der Waals surface area contributed by atoms with Crippen LogP contribution in [0.2, 0.25) is 0 Å². The van der Waals surface area contributed by atoms with E-state index in [0.717, 1.165) is 0 Å². The first-order valence-electron chi connectivity index (χ1n) is 4.07. The molecule has 0 amide bonds. The molecule has 1 aliphatic carbocycles. The molecule has 12 heavy (non-hydrogen) atoms. The summed E-state index contributed by atoms with van der Waals surface area (Å²) in [6.07, 6.45) is 12.5. The van der Waals surface area contributed by atoms with Crippen molar-refractivity contribution < 1.29 is 0 Å². The number of nitrogens with one attached hydrogen (secondary N) is 1. The second-order valence-corrected chi connectivity index (χ2v) is 2.95. The van der Waals surface area contributed by atoms with E-state index in [1.54, 1.807) is 0 Å². The van der Waals surface area contributed by atoms with Gasteiger partial charge in [-0.1, -0.05) is 29.9 Å². The molecule has 60 valence electrons. The number of hydrogen-bond donors (Lipinski definition) is 1. The maximum atomic E-state index is 3.18. The van der Waals surface area contributed by atoms with Crippen LogP contribution in [-0.2, 0) is 0 Å². The number of H-pyrrole nitrogens is 1. The molecule has 0 atom stereocenters. The SMILES string of the molecule is CC1=C/C=c2/[nH]cc/c2=C/C=C1. The maximum Gasteiger partial charge on any atom is 0.0453 e. The Balaban J connectivity index is 2.74. The van der Waals surface area contributed by atoms with Crippen molar-refractivity contribution >= 4 is 12.2 Å². The Labute approximate surface area is 71.4 Å². The van der Waals surface area contributed by atoms with Crippen molar-refractivity contribution in [1.82, 2.24) is 4.98 Å². The number of aromatic amines is 1. The molecule has 0 aliphatic heterocycles. The summed E-state index contributed by atoms with van der Waals surface area (Å²) in [4.78, 5) is 3.18. The van der Waals surface area contributed by atoms with Crippen molar-refractivity contribution in [2.75, 3.05) is 0 Å². The Kier molecular flexibility index (Phi) is 1.71. The van der Waals surface area contributed by atoms with Crippen LogP contribution < -0.4 is 10.6 Å². The monoisotopic (exact) mass is 157 g/mol. The summed E-state index contributed by atoms with van der Waals surface area (Å²) in [5.41, 5.74) is 1.27. The lowest BCUT2D eigenvalue weighted by atomic mass is 10.2. The van der Waals surface area contributed by atoms with Crippen LogP contribution >= 0.6 is 0 Å². The standard InChI is InChI=1S/C11H11N/c1-9-3-2-4-10-7-8-12-11(10)6-5-9/h2-8,12H,1H3/b3-2?,4-2?,6-5?,9-3?,9-5?,10-4-,11-6+. The summed E-state index contributed by atoms with van der Waals surface area (Å²) >= 11 is 0. The van der Waals surface area contributed by atoms with Gasteiger partial charge in [-0.3, -0.25) is 0 Å². The molecular weight excluding hydrogens is 146 g/mol. The average Bonchev–Trinajstić information content (AvgIpc) is 2.45. The predicted molar refractivity (Wildman–Crippen MR) is 51.9 cm³/mol. The van der Waals surface area contributed by atoms with Crippen LogP contribution in [0.1, 0.15) is 6.92 Å². The summed E-state index contributed by atoms with van der Waals surface area (Å²) in [6.45, 7) is 2.09. The largest absolute Gasteiger partial charge is 0.361 e. The van der Waals surface area contributed by atoms with Gasteiger partial charge in [-0.2, -0.15) is 0 Å². The zero-order valence-corrected chi connectivity index (χ0v) is 7.04. The van der Waals surface area contributed by atoms with E-state index in [2.05, 4.69) is 48.4 Å². The fourth-order valence-electron chi connectivity index (χ4n) is 1.26. The van der Waals surface area contributed by atoms with E-state index in [1.807, 2.05) is 6.20 Å². The second kappa shape index (κ2) is 2.86. The Morgan fingerprint density at radius 2 is 2.08 bits per heavy atom. The molecular formula is C11H11N. The van der Waals surface area contributed by atoms with E-state index in [1.165, 1.54) is 16.1 Å². The highest BCUT2D eigenvalue weighted by atomic mass is 14.6. The molecule has 0 spiro atoms. The van der Waals surface area contributed by atoms with E-state index in [-0.39, 0.29) is 0 Å². The maximum absolute atomic E-state index is 3.18. The third kappa shape index (κ3) is 1.26. The first-order chi connectivity index (χ1) is 5.86. The minimum absolute atomic E-state index is 1.18. The number of fused-ring (bicyclic) bond motifs is 1. The zero-order chi connectivity index (χ0) is 8.39.